The van der Waals surface area contributed by atoms with Crippen molar-refractivity contribution in [1.82, 2.24) is 4.90 Å². The van der Waals surface area contributed by atoms with Gasteiger partial charge in [0.25, 0.3) is 0 Å². The molecule has 5 nitrogen and oxygen atoms in total. The Morgan fingerprint density at radius 3 is 2.62 bits per heavy atom. The number of nitrogens with zero attached hydrogens (tertiary/aromatic N) is 2. The molecule has 0 bridgehead atoms. The molecule has 1 fully saturated rings. The summed E-state index contributed by atoms with van der Waals surface area (Å²) in [7, 11) is 0. The summed E-state index contributed by atoms with van der Waals surface area (Å²) in [6, 6.07) is 10.4. The van der Waals surface area contributed by atoms with Gasteiger partial charge >= 0.3 is 0 Å². The summed E-state index contributed by atoms with van der Waals surface area (Å²) in [5, 5.41) is 1.05. The second-order valence-electron chi connectivity index (χ2n) is 6.75. The summed E-state index contributed by atoms with van der Waals surface area (Å²) in [6.07, 6.45) is 6.98. The van der Waals surface area contributed by atoms with Gasteiger partial charge in [-0.1, -0.05) is 19.1 Å². The molecule has 0 aliphatic carbocycles. The number of piperazine rings is 1. The van der Waals surface area contributed by atoms with E-state index in [4.69, 9.17) is 4.42 Å². The van der Waals surface area contributed by atoms with Gasteiger partial charge in [0.05, 0.1) is 12.7 Å². The molecule has 5 heteroatoms. The molecule has 1 amide bonds. The first-order chi connectivity index (χ1) is 12.7. The average molecular weight is 350 g/mol. The number of pyridine rings is 1. The number of benzene rings is 1. The number of aromatic nitrogens is 1. The molecule has 0 spiro atoms. The number of anilines is 1. The van der Waals surface area contributed by atoms with Crippen LogP contribution in [0.3, 0.4) is 0 Å². The van der Waals surface area contributed by atoms with E-state index < -0.39 is 0 Å². The monoisotopic (exact) mass is 350 g/mol. The van der Waals surface area contributed by atoms with Crippen molar-refractivity contribution in [2.75, 3.05) is 31.1 Å². The van der Waals surface area contributed by atoms with Gasteiger partial charge in [-0.3, -0.25) is 4.79 Å². The normalized spacial score (nSPS) is 14.8. The maximum atomic E-state index is 12.7. The van der Waals surface area contributed by atoms with Gasteiger partial charge in [-0.2, -0.15) is 0 Å². The highest BCUT2D eigenvalue weighted by molar-refractivity contribution is 5.88. The largest absolute Gasteiger partial charge is 0.464 e. The highest BCUT2D eigenvalue weighted by Gasteiger charge is 2.22. The fraction of sp³-hybridized carbons (Fsp3) is 0.333. The summed E-state index contributed by atoms with van der Waals surface area (Å²) in [5.74, 6) is 0.174. The predicted octanol–water partition coefficient (Wildman–Crippen LogP) is 2.70. The summed E-state index contributed by atoms with van der Waals surface area (Å²) >= 11 is 0. The van der Waals surface area contributed by atoms with Crippen molar-refractivity contribution in [3.8, 4) is 0 Å². The number of aryl methyl sites for hydroxylation is 1. The molecule has 1 saturated heterocycles. The van der Waals surface area contributed by atoms with Gasteiger partial charge in [0.1, 0.15) is 5.58 Å². The van der Waals surface area contributed by atoms with Crippen molar-refractivity contribution >= 4 is 22.6 Å². The van der Waals surface area contributed by atoms with E-state index in [-0.39, 0.29) is 5.91 Å². The van der Waals surface area contributed by atoms with Crippen molar-refractivity contribution in [2.24, 2.45) is 0 Å². The number of nitrogens with one attached hydrogen (secondary N) is 1. The van der Waals surface area contributed by atoms with E-state index in [0.717, 1.165) is 49.1 Å². The third kappa shape index (κ3) is 3.29. The summed E-state index contributed by atoms with van der Waals surface area (Å²) in [5.41, 5.74) is 4.30. The SMILES string of the molecule is CCc1ccc2c(CC(=O)N3CCN(c4cc[nH+]cc4)CC3)coc2c1. The van der Waals surface area contributed by atoms with E-state index in [9.17, 15) is 4.79 Å². The van der Waals surface area contributed by atoms with E-state index in [1.54, 1.807) is 6.26 Å². The fourth-order valence-electron chi connectivity index (χ4n) is 3.56. The molecule has 0 radical (unpaired) electrons. The number of fused-ring (bicyclic) bond motifs is 1. The minimum absolute atomic E-state index is 0.174. The first kappa shape index (κ1) is 16.6. The van der Waals surface area contributed by atoms with Crippen LogP contribution in [0.25, 0.3) is 11.0 Å². The van der Waals surface area contributed by atoms with E-state index in [1.165, 1.54) is 11.3 Å². The van der Waals surface area contributed by atoms with Gasteiger partial charge < -0.3 is 14.2 Å². The molecule has 1 aliphatic rings. The fourth-order valence-corrected chi connectivity index (χ4v) is 3.56. The molecule has 134 valence electrons. The Morgan fingerprint density at radius 2 is 1.88 bits per heavy atom. The lowest BCUT2D eigenvalue weighted by molar-refractivity contribution is -0.377. The molecular formula is C21H24N3O2+. The van der Waals surface area contributed by atoms with Crippen LogP contribution >= 0.6 is 0 Å². The van der Waals surface area contributed by atoms with E-state index in [0.29, 0.717) is 6.42 Å². The lowest BCUT2D eigenvalue weighted by Crippen LogP contribution is -2.49. The van der Waals surface area contributed by atoms with Crippen LogP contribution in [-0.2, 0) is 17.6 Å². The third-order valence-electron chi connectivity index (χ3n) is 5.17. The zero-order valence-electron chi connectivity index (χ0n) is 15.1. The lowest BCUT2D eigenvalue weighted by atomic mass is 10.1. The maximum absolute atomic E-state index is 12.7. The van der Waals surface area contributed by atoms with Crippen LogP contribution in [0.1, 0.15) is 18.1 Å². The molecule has 4 rings (SSSR count). The Balaban J connectivity index is 1.40. The zero-order chi connectivity index (χ0) is 17.9. The number of carbonyl (C=O) groups excluding carboxylic acids is 1. The van der Waals surface area contributed by atoms with Crippen LogP contribution in [-0.4, -0.2) is 37.0 Å². The Labute approximate surface area is 153 Å². The van der Waals surface area contributed by atoms with Crippen LogP contribution in [0.4, 0.5) is 5.69 Å². The average Bonchev–Trinajstić information content (AvgIpc) is 3.10. The van der Waals surface area contributed by atoms with Crippen LogP contribution in [0, 0.1) is 0 Å². The van der Waals surface area contributed by atoms with Gasteiger partial charge in [0.2, 0.25) is 5.91 Å². The zero-order valence-corrected chi connectivity index (χ0v) is 15.1. The molecule has 3 heterocycles. The van der Waals surface area contributed by atoms with Crippen molar-refractivity contribution < 1.29 is 14.2 Å². The molecule has 3 aromatic rings. The molecule has 1 N–H and O–H groups in total. The lowest BCUT2D eigenvalue weighted by Gasteiger charge is -2.35. The summed E-state index contributed by atoms with van der Waals surface area (Å²) < 4.78 is 5.67. The van der Waals surface area contributed by atoms with Gasteiger partial charge in [-0.15, -0.1) is 0 Å². The van der Waals surface area contributed by atoms with Crippen molar-refractivity contribution in [2.45, 2.75) is 19.8 Å². The Hall–Kier alpha value is -2.82. The number of aromatic amines is 1. The minimum atomic E-state index is 0.174. The molecule has 2 aromatic heterocycles. The highest BCUT2D eigenvalue weighted by Crippen LogP contribution is 2.24. The maximum Gasteiger partial charge on any atom is 0.227 e. The highest BCUT2D eigenvalue weighted by atomic mass is 16.3. The molecule has 0 atom stereocenters. The number of amides is 1. The molecular weight excluding hydrogens is 326 g/mol. The van der Waals surface area contributed by atoms with E-state index >= 15 is 0 Å². The van der Waals surface area contributed by atoms with Crippen molar-refractivity contribution in [3.63, 3.8) is 0 Å². The summed E-state index contributed by atoms with van der Waals surface area (Å²) in [4.78, 5) is 20.1. The van der Waals surface area contributed by atoms with Crippen LogP contribution < -0.4 is 9.88 Å². The summed E-state index contributed by atoms with van der Waals surface area (Å²) in [6.45, 7) is 5.37. The number of carbonyl (C=O) groups is 1. The molecule has 26 heavy (non-hydrogen) atoms. The molecule has 0 saturated carbocycles. The number of furan rings is 1. The van der Waals surface area contributed by atoms with E-state index in [1.807, 2.05) is 17.3 Å². The first-order valence-electron chi connectivity index (χ1n) is 9.22. The van der Waals surface area contributed by atoms with Crippen molar-refractivity contribution in [1.29, 1.82) is 0 Å². The van der Waals surface area contributed by atoms with Crippen LogP contribution in [0.5, 0.6) is 0 Å². The Morgan fingerprint density at radius 1 is 1.12 bits per heavy atom. The minimum Gasteiger partial charge on any atom is -0.464 e. The second-order valence-corrected chi connectivity index (χ2v) is 6.75. The number of rotatable bonds is 4. The number of H-pyrrole nitrogens is 1. The molecule has 0 unspecified atom stereocenters. The Kier molecular flexibility index (Phi) is 4.61. The van der Waals surface area contributed by atoms with E-state index in [2.05, 4.69) is 47.1 Å². The van der Waals surface area contributed by atoms with Crippen LogP contribution in [0.2, 0.25) is 0 Å². The third-order valence-corrected chi connectivity index (χ3v) is 5.17. The molecule has 1 aromatic carbocycles. The standard InChI is InChI=1S/C21H23N3O2/c1-2-16-3-4-19-17(15-26-20(19)13-16)14-21(25)24-11-9-23(10-12-24)18-5-7-22-8-6-18/h3-8,13,15H,2,9-12,14H2,1H3/p+1. The van der Waals surface area contributed by atoms with Gasteiger partial charge in [-0.05, 0) is 18.1 Å². The number of hydrogen-bond acceptors (Lipinski definition) is 3. The first-order valence-corrected chi connectivity index (χ1v) is 9.22. The van der Waals surface area contributed by atoms with Crippen molar-refractivity contribution in [3.05, 3.63) is 60.1 Å². The van der Waals surface area contributed by atoms with Gasteiger partial charge in [0, 0.05) is 54.9 Å². The predicted molar refractivity (Wildman–Crippen MR) is 101 cm³/mol. The smallest absolute Gasteiger partial charge is 0.227 e. The van der Waals surface area contributed by atoms with Crippen LogP contribution in [0.15, 0.2) is 53.4 Å². The second kappa shape index (κ2) is 7.20. The Bertz CT molecular complexity index is 896. The van der Waals surface area contributed by atoms with Gasteiger partial charge in [-0.25, -0.2) is 4.98 Å². The molecule has 1 aliphatic heterocycles. The topological polar surface area (TPSA) is 50.8 Å². The number of hydrogen-bond donors (Lipinski definition) is 0. The quantitative estimate of drug-likeness (QED) is 0.727. The van der Waals surface area contributed by atoms with Gasteiger partial charge in [0.15, 0.2) is 12.4 Å².